The molecule has 0 fully saturated rings. The van der Waals surface area contributed by atoms with Gasteiger partial charge in [0.2, 0.25) is 0 Å². The van der Waals surface area contributed by atoms with Gasteiger partial charge in [0.05, 0.1) is 11.2 Å². The number of nitrogens with zero attached hydrogens (tertiary/aromatic N) is 2. The van der Waals surface area contributed by atoms with E-state index < -0.39 is 0 Å². The summed E-state index contributed by atoms with van der Waals surface area (Å²) in [4.78, 5) is 10.2. The van der Waals surface area contributed by atoms with Crippen LogP contribution in [0.25, 0.3) is 87.8 Å². The Morgan fingerprint density at radius 2 is 0.977 bits per heavy atom. The van der Waals surface area contributed by atoms with Gasteiger partial charge in [0, 0.05) is 16.5 Å². The van der Waals surface area contributed by atoms with Crippen LogP contribution >= 0.6 is 0 Å². The van der Waals surface area contributed by atoms with Crippen LogP contribution in [-0.4, -0.2) is 9.97 Å². The highest BCUT2D eigenvalue weighted by Crippen LogP contribution is 2.41. The van der Waals surface area contributed by atoms with E-state index in [0.29, 0.717) is 0 Å². The van der Waals surface area contributed by atoms with Gasteiger partial charge in [-0.25, -0.2) is 9.97 Å². The van der Waals surface area contributed by atoms with Gasteiger partial charge in [-0.1, -0.05) is 146 Å². The summed E-state index contributed by atoms with van der Waals surface area (Å²) in [6.45, 7) is 0. The van der Waals surface area contributed by atoms with Gasteiger partial charge in [-0.15, -0.1) is 0 Å². The average Bonchev–Trinajstić information content (AvgIpc) is 3.10. The van der Waals surface area contributed by atoms with Crippen molar-refractivity contribution in [1.82, 2.24) is 9.97 Å². The van der Waals surface area contributed by atoms with E-state index in [1.165, 1.54) is 48.7 Å². The van der Waals surface area contributed by atoms with Crippen molar-refractivity contribution in [2.45, 2.75) is 0 Å². The van der Waals surface area contributed by atoms with E-state index in [1.54, 1.807) is 0 Å². The number of hydrogen-bond acceptors (Lipinski definition) is 2. The van der Waals surface area contributed by atoms with Crippen molar-refractivity contribution >= 4 is 54.0 Å². The first-order valence-corrected chi connectivity index (χ1v) is 15.0. The van der Waals surface area contributed by atoms with E-state index >= 15 is 0 Å². The molecule has 2 nitrogen and oxygen atoms in total. The smallest absolute Gasteiger partial charge is 0.160 e. The first-order chi connectivity index (χ1) is 21.8. The van der Waals surface area contributed by atoms with Crippen molar-refractivity contribution in [2.24, 2.45) is 0 Å². The zero-order chi connectivity index (χ0) is 29.0. The maximum absolute atomic E-state index is 5.13. The molecule has 1 heterocycles. The Labute approximate surface area is 254 Å². The molecule has 8 aromatic carbocycles. The summed E-state index contributed by atoms with van der Waals surface area (Å²) < 4.78 is 0. The number of fused-ring (bicyclic) bond motifs is 8. The topological polar surface area (TPSA) is 25.8 Å². The molecule has 1 aromatic heterocycles. The summed E-state index contributed by atoms with van der Waals surface area (Å²) >= 11 is 0. The van der Waals surface area contributed by atoms with Crippen molar-refractivity contribution in [3.63, 3.8) is 0 Å². The van der Waals surface area contributed by atoms with Crippen molar-refractivity contribution in [3.8, 4) is 33.8 Å². The van der Waals surface area contributed by atoms with E-state index in [9.17, 15) is 0 Å². The van der Waals surface area contributed by atoms with Gasteiger partial charge in [-0.05, 0) is 66.3 Å². The predicted octanol–water partition coefficient (Wildman–Crippen LogP) is 11.2. The highest BCUT2D eigenvalue weighted by Gasteiger charge is 2.15. The highest BCUT2D eigenvalue weighted by molar-refractivity contribution is 6.27. The van der Waals surface area contributed by atoms with E-state index in [2.05, 4.69) is 133 Å². The third-order valence-corrected chi connectivity index (χ3v) is 8.83. The molecular formula is C42H26N2. The fourth-order valence-corrected chi connectivity index (χ4v) is 6.76. The summed E-state index contributed by atoms with van der Waals surface area (Å²) in [7, 11) is 0. The lowest BCUT2D eigenvalue weighted by atomic mass is 9.89. The van der Waals surface area contributed by atoms with Crippen molar-refractivity contribution < 1.29 is 0 Å². The third kappa shape index (κ3) is 3.89. The van der Waals surface area contributed by atoms with Crippen molar-refractivity contribution in [1.29, 1.82) is 0 Å². The molecule has 44 heavy (non-hydrogen) atoms. The van der Waals surface area contributed by atoms with Crippen LogP contribution in [0.2, 0.25) is 0 Å². The lowest BCUT2D eigenvalue weighted by Gasteiger charge is -2.15. The summed E-state index contributed by atoms with van der Waals surface area (Å²) in [6.07, 6.45) is 0. The normalized spacial score (nSPS) is 11.6. The molecular weight excluding hydrogens is 532 g/mol. The Kier molecular flexibility index (Phi) is 5.54. The van der Waals surface area contributed by atoms with Gasteiger partial charge in [-0.3, -0.25) is 0 Å². The van der Waals surface area contributed by atoms with Crippen LogP contribution in [0.4, 0.5) is 0 Å². The summed E-state index contributed by atoms with van der Waals surface area (Å²) in [5, 5.41) is 11.2. The van der Waals surface area contributed by atoms with Gasteiger partial charge in [0.1, 0.15) is 0 Å². The van der Waals surface area contributed by atoms with Crippen molar-refractivity contribution in [2.75, 3.05) is 0 Å². The number of rotatable bonds is 3. The molecule has 9 rings (SSSR count). The number of aromatic nitrogens is 2. The van der Waals surface area contributed by atoms with Crippen LogP contribution < -0.4 is 0 Å². The largest absolute Gasteiger partial charge is 0.228 e. The predicted molar refractivity (Wildman–Crippen MR) is 186 cm³/mol. The monoisotopic (exact) mass is 558 g/mol. The molecule has 0 bridgehead atoms. The first-order valence-electron chi connectivity index (χ1n) is 15.0. The van der Waals surface area contributed by atoms with Gasteiger partial charge >= 0.3 is 0 Å². The lowest BCUT2D eigenvalue weighted by molar-refractivity contribution is 1.23. The second-order valence-electron chi connectivity index (χ2n) is 11.4. The summed E-state index contributed by atoms with van der Waals surface area (Å²) in [5.41, 5.74) is 6.32. The van der Waals surface area contributed by atoms with Gasteiger partial charge in [0.25, 0.3) is 0 Å². The zero-order valence-electron chi connectivity index (χ0n) is 23.9. The van der Waals surface area contributed by atoms with E-state index in [-0.39, 0.29) is 0 Å². The summed E-state index contributed by atoms with van der Waals surface area (Å²) in [6, 6.07) is 56.2. The molecule has 2 heteroatoms. The average molecular weight is 559 g/mol. The van der Waals surface area contributed by atoms with Crippen LogP contribution in [0.1, 0.15) is 0 Å². The molecule has 0 atom stereocenters. The van der Waals surface area contributed by atoms with Gasteiger partial charge in [0.15, 0.2) is 5.82 Å². The van der Waals surface area contributed by atoms with E-state index in [0.717, 1.165) is 39.1 Å². The fraction of sp³-hybridized carbons (Fsp3) is 0. The van der Waals surface area contributed by atoms with Gasteiger partial charge < -0.3 is 0 Å². The molecule has 0 saturated heterocycles. The minimum Gasteiger partial charge on any atom is -0.228 e. The number of benzene rings is 8. The second-order valence-corrected chi connectivity index (χ2v) is 11.4. The Bertz CT molecular complexity index is 2530. The van der Waals surface area contributed by atoms with E-state index in [1.807, 2.05) is 24.3 Å². The molecule has 0 aliphatic rings. The minimum atomic E-state index is 0.732. The molecule has 0 spiro atoms. The molecule has 204 valence electrons. The zero-order valence-corrected chi connectivity index (χ0v) is 23.9. The van der Waals surface area contributed by atoms with Crippen LogP contribution in [0.5, 0.6) is 0 Å². The third-order valence-electron chi connectivity index (χ3n) is 8.83. The Morgan fingerprint density at radius 3 is 1.82 bits per heavy atom. The molecule has 0 aliphatic carbocycles. The molecule has 9 aromatic rings. The van der Waals surface area contributed by atoms with Crippen LogP contribution in [0, 0.1) is 0 Å². The lowest BCUT2D eigenvalue weighted by Crippen LogP contribution is -1.95. The Morgan fingerprint density at radius 1 is 0.341 bits per heavy atom. The second kappa shape index (κ2) is 9.86. The standard InChI is InChI=1S/C42H26N2/c1-3-11-30(12-4-1)41-37-25-22-32(26-38(37)43-42(44-41)31-13-5-2-6-14-31)34-17-9-15-28-18-19-29-21-23-35-33-16-8-7-10-27(33)20-24-36(35)40(29)39(28)34/h1-26H. The number of hydrogen-bond donors (Lipinski definition) is 0. The molecule has 0 saturated carbocycles. The van der Waals surface area contributed by atoms with Crippen LogP contribution in [-0.2, 0) is 0 Å². The maximum Gasteiger partial charge on any atom is 0.160 e. The quantitative estimate of drug-likeness (QED) is 0.202. The molecule has 0 radical (unpaired) electrons. The molecule has 0 amide bonds. The van der Waals surface area contributed by atoms with Crippen LogP contribution in [0.3, 0.4) is 0 Å². The van der Waals surface area contributed by atoms with Crippen LogP contribution in [0.15, 0.2) is 158 Å². The van der Waals surface area contributed by atoms with E-state index in [4.69, 9.17) is 9.97 Å². The molecule has 0 aliphatic heterocycles. The molecule has 0 N–H and O–H groups in total. The SMILES string of the molecule is c1ccc(-c2nc(-c3ccccc3)c3ccc(-c4cccc5ccc6ccc7c8ccccc8ccc7c6c45)cc3n2)cc1. The fourth-order valence-electron chi connectivity index (χ4n) is 6.76. The van der Waals surface area contributed by atoms with Crippen molar-refractivity contribution in [3.05, 3.63) is 158 Å². The Balaban J connectivity index is 1.35. The Hall–Kier alpha value is -5.86. The minimum absolute atomic E-state index is 0.732. The summed E-state index contributed by atoms with van der Waals surface area (Å²) in [5.74, 6) is 0.732. The maximum atomic E-state index is 5.13. The first kappa shape index (κ1) is 24.7. The van der Waals surface area contributed by atoms with Gasteiger partial charge in [-0.2, -0.15) is 0 Å². The molecule has 0 unspecified atom stereocenters. The highest BCUT2D eigenvalue weighted by atomic mass is 14.9.